The van der Waals surface area contributed by atoms with Crippen molar-refractivity contribution < 1.29 is 38.1 Å². The van der Waals surface area contributed by atoms with Crippen molar-refractivity contribution in [3.63, 3.8) is 0 Å². The predicted octanol–water partition coefficient (Wildman–Crippen LogP) is 3.31. The first-order chi connectivity index (χ1) is 16.8. The summed E-state index contributed by atoms with van der Waals surface area (Å²) in [5, 5.41) is 3.05. The smallest absolute Gasteiger partial charge is 0.497 e. The topological polar surface area (TPSA) is 113 Å². The maximum absolute atomic E-state index is 13.2. The quantitative estimate of drug-likeness (QED) is 0.459. The Kier molecular flexibility index (Phi) is 8.38. The number of rotatable bonds is 6. The predicted molar refractivity (Wildman–Crippen MR) is 131 cm³/mol. The maximum Gasteiger partial charge on any atom is 0.509 e. The molecule has 2 heterocycles. The van der Waals surface area contributed by atoms with Gasteiger partial charge in [0.2, 0.25) is 0 Å². The Morgan fingerprint density at radius 2 is 1.56 bits per heavy atom. The number of hydrogen-bond donors (Lipinski definition) is 1. The lowest BCUT2D eigenvalue weighted by Gasteiger charge is -2.32. The number of methoxy groups -OCH3 is 1. The Labute approximate surface area is 212 Å². The number of carbonyl (C=O) groups excluding carboxylic acids is 3. The third-order valence-electron chi connectivity index (χ3n) is 5.76. The summed E-state index contributed by atoms with van der Waals surface area (Å²) >= 11 is 0. The van der Waals surface area contributed by atoms with E-state index < -0.39 is 47.7 Å². The van der Waals surface area contributed by atoms with Crippen LogP contribution in [0.4, 0.5) is 9.59 Å². The van der Waals surface area contributed by atoms with Crippen molar-refractivity contribution in [3.05, 3.63) is 29.8 Å². The van der Waals surface area contributed by atoms with Gasteiger partial charge in [-0.15, -0.1) is 0 Å². The Bertz CT molecular complexity index is 931. The van der Waals surface area contributed by atoms with Gasteiger partial charge in [-0.05, 0) is 65.7 Å². The Balaban J connectivity index is 1.91. The van der Waals surface area contributed by atoms with Crippen LogP contribution in [0.3, 0.4) is 0 Å². The van der Waals surface area contributed by atoms with Crippen molar-refractivity contribution in [2.24, 2.45) is 5.92 Å². The van der Waals surface area contributed by atoms with Gasteiger partial charge in [-0.3, -0.25) is 9.69 Å². The van der Waals surface area contributed by atoms with Crippen LogP contribution in [-0.2, 0) is 30.2 Å². The first-order valence-electron chi connectivity index (χ1n) is 12.2. The molecule has 36 heavy (non-hydrogen) atoms. The summed E-state index contributed by atoms with van der Waals surface area (Å²) in [5.41, 5.74) is -0.624. The molecule has 0 saturated carbocycles. The summed E-state index contributed by atoms with van der Waals surface area (Å²) in [7, 11) is 1.58. The molecule has 1 N–H and O–H groups in total. The molecule has 2 saturated heterocycles. The molecular formula is C26H38N2O8. The lowest BCUT2D eigenvalue weighted by molar-refractivity contribution is -0.162. The van der Waals surface area contributed by atoms with Crippen molar-refractivity contribution in [1.29, 1.82) is 0 Å². The fraction of sp³-hybridized carbons (Fsp3) is 0.654. The zero-order valence-corrected chi connectivity index (χ0v) is 22.2. The number of hydrogen-bond acceptors (Lipinski definition) is 9. The molecule has 3 atom stereocenters. The standard InChI is InChI=1S/C26H38N2O8/c1-25(2,3)35-23(30)28-15-20(33-24(31)36-26(4,5)6)21(34-22(29)17-13-27-14-17)19(28)12-16-8-10-18(32-7)11-9-16/h8-11,17,19-21,27H,12-15H2,1-7H3/t19-,20+,21+/m1/s1. The highest BCUT2D eigenvalue weighted by Crippen LogP contribution is 2.31. The van der Waals surface area contributed by atoms with Crippen LogP contribution >= 0.6 is 0 Å². The number of carbonyl (C=O) groups is 3. The van der Waals surface area contributed by atoms with E-state index in [0.29, 0.717) is 25.3 Å². The monoisotopic (exact) mass is 506 g/mol. The molecular weight excluding hydrogens is 468 g/mol. The van der Waals surface area contributed by atoms with Gasteiger partial charge >= 0.3 is 18.2 Å². The average molecular weight is 507 g/mol. The van der Waals surface area contributed by atoms with Crippen LogP contribution in [0, 0.1) is 5.92 Å². The van der Waals surface area contributed by atoms with E-state index in [1.54, 1.807) is 48.7 Å². The van der Waals surface area contributed by atoms with Crippen LogP contribution < -0.4 is 10.1 Å². The molecule has 3 rings (SSSR count). The number of amides is 1. The van der Waals surface area contributed by atoms with Gasteiger partial charge in [0.05, 0.1) is 25.6 Å². The second-order valence-corrected chi connectivity index (χ2v) is 11.1. The first-order valence-corrected chi connectivity index (χ1v) is 12.2. The number of ether oxygens (including phenoxy) is 5. The molecule has 1 aromatic carbocycles. The molecule has 2 aliphatic heterocycles. The maximum atomic E-state index is 13.2. The molecule has 1 aromatic rings. The van der Waals surface area contributed by atoms with E-state index in [4.69, 9.17) is 23.7 Å². The Hall–Kier alpha value is -3.01. The minimum absolute atomic E-state index is 0.00413. The summed E-state index contributed by atoms with van der Waals surface area (Å²) < 4.78 is 27.7. The second kappa shape index (κ2) is 10.9. The van der Waals surface area contributed by atoms with E-state index in [9.17, 15) is 14.4 Å². The molecule has 10 nitrogen and oxygen atoms in total. The SMILES string of the molecule is COc1ccc(C[C@@H]2[C@H](OC(=O)C3CNC3)[C@@H](OC(=O)OC(C)(C)C)CN2C(=O)OC(C)(C)C)cc1. The van der Waals surface area contributed by atoms with E-state index in [-0.39, 0.29) is 12.5 Å². The summed E-state index contributed by atoms with van der Waals surface area (Å²) in [6.45, 7) is 11.5. The van der Waals surface area contributed by atoms with E-state index in [0.717, 1.165) is 5.56 Å². The highest BCUT2D eigenvalue weighted by Gasteiger charge is 2.50. The van der Waals surface area contributed by atoms with Crippen molar-refractivity contribution in [2.45, 2.75) is 77.4 Å². The number of benzene rings is 1. The van der Waals surface area contributed by atoms with Gasteiger partial charge in [0.1, 0.15) is 17.0 Å². The van der Waals surface area contributed by atoms with Gasteiger partial charge < -0.3 is 29.0 Å². The molecule has 10 heteroatoms. The van der Waals surface area contributed by atoms with Gasteiger partial charge in [0.15, 0.2) is 12.2 Å². The molecule has 0 aromatic heterocycles. The zero-order chi connectivity index (χ0) is 26.7. The number of nitrogens with one attached hydrogen (secondary N) is 1. The van der Waals surface area contributed by atoms with Gasteiger partial charge in [-0.25, -0.2) is 9.59 Å². The highest BCUT2D eigenvalue weighted by molar-refractivity contribution is 5.75. The summed E-state index contributed by atoms with van der Waals surface area (Å²) in [6, 6.07) is 6.76. The van der Waals surface area contributed by atoms with Gasteiger partial charge in [-0.1, -0.05) is 12.1 Å². The fourth-order valence-electron chi connectivity index (χ4n) is 3.96. The Morgan fingerprint density at radius 1 is 0.944 bits per heavy atom. The zero-order valence-electron chi connectivity index (χ0n) is 22.2. The van der Waals surface area contributed by atoms with Crippen molar-refractivity contribution in [2.75, 3.05) is 26.7 Å². The second-order valence-electron chi connectivity index (χ2n) is 11.1. The van der Waals surface area contributed by atoms with Gasteiger partial charge in [0, 0.05) is 13.1 Å². The third-order valence-corrected chi connectivity index (χ3v) is 5.76. The van der Waals surface area contributed by atoms with E-state index >= 15 is 0 Å². The molecule has 2 fully saturated rings. The minimum Gasteiger partial charge on any atom is -0.497 e. The molecule has 2 aliphatic rings. The van der Waals surface area contributed by atoms with Crippen molar-refractivity contribution in [3.8, 4) is 5.75 Å². The normalized spacial score (nSPS) is 22.4. The fourth-order valence-corrected chi connectivity index (χ4v) is 3.96. The largest absolute Gasteiger partial charge is 0.509 e. The molecule has 0 unspecified atom stereocenters. The van der Waals surface area contributed by atoms with Gasteiger partial charge in [-0.2, -0.15) is 0 Å². The van der Waals surface area contributed by atoms with E-state index in [1.807, 2.05) is 24.3 Å². The van der Waals surface area contributed by atoms with Gasteiger partial charge in [0.25, 0.3) is 0 Å². The highest BCUT2D eigenvalue weighted by atomic mass is 16.7. The Morgan fingerprint density at radius 3 is 2.06 bits per heavy atom. The van der Waals surface area contributed by atoms with Crippen LogP contribution in [0.2, 0.25) is 0 Å². The number of likely N-dealkylation sites (tertiary alicyclic amines) is 1. The van der Waals surface area contributed by atoms with E-state index in [1.165, 1.54) is 4.90 Å². The summed E-state index contributed by atoms with van der Waals surface area (Å²) in [4.78, 5) is 40.1. The summed E-state index contributed by atoms with van der Waals surface area (Å²) in [6.07, 6.45) is -2.96. The van der Waals surface area contributed by atoms with Crippen LogP contribution in [-0.4, -0.2) is 79.3 Å². The van der Waals surface area contributed by atoms with Crippen LogP contribution in [0.5, 0.6) is 5.75 Å². The first kappa shape index (κ1) is 27.6. The molecule has 0 spiro atoms. The number of esters is 1. The van der Waals surface area contributed by atoms with Crippen molar-refractivity contribution in [1.82, 2.24) is 10.2 Å². The van der Waals surface area contributed by atoms with Crippen LogP contribution in [0.15, 0.2) is 24.3 Å². The molecule has 0 bridgehead atoms. The number of nitrogens with zero attached hydrogens (tertiary/aromatic N) is 1. The van der Waals surface area contributed by atoms with Crippen molar-refractivity contribution >= 4 is 18.2 Å². The lowest BCUT2D eigenvalue weighted by Crippen LogP contribution is -2.51. The molecule has 200 valence electrons. The molecule has 0 radical (unpaired) electrons. The average Bonchev–Trinajstić information content (AvgIpc) is 3.01. The molecule has 0 aliphatic carbocycles. The summed E-state index contributed by atoms with van der Waals surface area (Å²) in [5.74, 6) is 0.00691. The van der Waals surface area contributed by atoms with Crippen LogP contribution in [0.25, 0.3) is 0 Å². The third kappa shape index (κ3) is 7.49. The van der Waals surface area contributed by atoms with E-state index in [2.05, 4.69) is 5.32 Å². The molecule has 1 amide bonds. The lowest BCUT2D eigenvalue weighted by atomic mass is 9.99. The van der Waals surface area contributed by atoms with Crippen LogP contribution in [0.1, 0.15) is 47.1 Å². The minimum atomic E-state index is -0.924.